The molecule has 2 nitrogen and oxygen atoms in total. The Morgan fingerprint density at radius 3 is 2.38 bits per heavy atom. The van der Waals surface area contributed by atoms with Crippen molar-refractivity contribution in [1.29, 1.82) is 0 Å². The lowest BCUT2D eigenvalue weighted by Gasteiger charge is -1.83. The second-order valence-corrected chi connectivity index (χ2v) is 2.29. The predicted octanol–water partition coefficient (Wildman–Crippen LogP) is 0.0729. The van der Waals surface area contributed by atoms with Crippen LogP contribution in [0, 0.1) is 0 Å². The summed E-state index contributed by atoms with van der Waals surface area (Å²) in [4.78, 5) is 2.53. The van der Waals surface area contributed by atoms with Gasteiger partial charge in [0.05, 0.1) is 0 Å². The van der Waals surface area contributed by atoms with E-state index in [1.54, 1.807) is 0 Å². The van der Waals surface area contributed by atoms with Gasteiger partial charge in [-0.3, -0.25) is 4.90 Å². The lowest BCUT2D eigenvalue weighted by molar-refractivity contribution is 0.399. The van der Waals surface area contributed by atoms with Crippen molar-refractivity contribution in [3.05, 3.63) is 0 Å². The van der Waals surface area contributed by atoms with Crippen molar-refractivity contribution in [3.8, 4) is 0 Å². The maximum atomic E-state index is 7.00. The van der Waals surface area contributed by atoms with Crippen LogP contribution in [0.3, 0.4) is 0 Å². The van der Waals surface area contributed by atoms with E-state index in [2.05, 4.69) is 4.90 Å². The number of hydrogen-bond donors (Lipinski definition) is 1. The molecule has 2 aliphatic heterocycles. The van der Waals surface area contributed by atoms with E-state index >= 15 is 0 Å². The Bertz CT molecular complexity index is 66.9. The van der Waals surface area contributed by atoms with Gasteiger partial charge in [0.2, 0.25) is 0 Å². The Hall–Kier alpha value is -0.0800. The average molecular weight is 115 g/mol. The molecule has 8 heavy (non-hydrogen) atoms. The van der Waals surface area contributed by atoms with Crippen molar-refractivity contribution in [2.24, 2.45) is 0 Å². The first kappa shape index (κ1) is 6.05. The van der Waals surface area contributed by atoms with Crippen LogP contribution in [0.1, 0.15) is 12.8 Å². The standard InChI is InChI=1S/C5H9N.CH4O/c1-2-5-4-6(5)3-1;1-2/h5H,1-4H2;2H,1H3. The van der Waals surface area contributed by atoms with Crippen molar-refractivity contribution in [3.63, 3.8) is 0 Å². The van der Waals surface area contributed by atoms with E-state index < -0.39 is 0 Å². The summed E-state index contributed by atoms with van der Waals surface area (Å²) >= 11 is 0. The molecule has 0 aromatic rings. The number of aliphatic hydroxyl groups is 1. The van der Waals surface area contributed by atoms with Crippen LogP contribution in [0.5, 0.6) is 0 Å². The maximum absolute atomic E-state index is 7.00. The molecule has 2 saturated heterocycles. The number of fused-ring (bicyclic) bond motifs is 1. The molecule has 2 fully saturated rings. The number of piperidine rings is 1. The summed E-state index contributed by atoms with van der Waals surface area (Å²) in [6.07, 6.45) is 2.95. The minimum atomic E-state index is 1.00. The lowest BCUT2D eigenvalue weighted by atomic mass is 10.3. The summed E-state index contributed by atoms with van der Waals surface area (Å²) in [5.41, 5.74) is 0. The van der Waals surface area contributed by atoms with Crippen LogP contribution in [-0.4, -0.2) is 36.2 Å². The van der Waals surface area contributed by atoms with E-state index in [1.165, 1.54) is 25.9 Å². The van der Waals surface area contributed by atoms with Gasteiger partial charge in [-0.05, 0) is 19.4 Å². The first-order valence-corrected chi connectivity index (χ1v) is 3.15. The first-order chi connectivity index (χ1) is 3.97. The molecule has 2 atom stereocenters. The largest absolute Gasteiger partial charge is 0.400 e. The molecule has 2 heteroatoms. The van der Waals surface area contributed by atoms with Crippen molar-refractivity contribution in [1.82, 2.24) is 4.90 Å². The van der Waals surface area contributed by atoms with Gasteiger partial charge in [0.25, 0.3) is 0 Å². The molecule has 0 amide bonds. The van der Waals surface area contributed by atoms with Gasteiger partial charge >= 0.3 is 0 Å². The summed E-state index contributed by atoms with van der Waals surface area (Å²) in [6, 6.07) is 1.05. The van der Waals surface area contributed by atoms with Crippen LogP contribution in [0.2, 0.25) is 0 Å². The van der Waals surface area contributed by atoms with E-state index in [0.717, 1.165) is 13.2 Å². The summed E-state index contributed by atoms with van der Waals surface area (Å²) in [6.45, 7) is 2.81. The number of aliphatic hydroxyl groups excluding tert-OH is 1. The van der Waals surface area contributed by atoms with Crippen molar-refractivity contribution < 1.29 is 5.11 Å². The Balaban J connectivity index is 0.000000147. The number of rotatable bonds is 0. The minimum Gasteiger partial charge on any atom is -0.400 e. The van der Waals surface area contributed by atoms with E-state index in [4.69, 9.17) is 5.11 Å². The second kappa shape index (κ2) is 2.46. The van der Waals surface area contributed by atoms with Gasteiger partial charge in [0.15, 0.2) is 0 Å². The molecule has 0 radical (unpaired) electrons. The van der Waals surface area contributed by atoms with Crippen LogP contribution in [0.4, 0.5) is 0 Å². The van der Waals surface area contributed by atoms with Crippen LogP contribution in [0.25, 0.3) is 0 Å². The molecular formula is C6H13NO. The summed E-state index contributed by atoms with van der Waals surface area (Å²) in [5.74, 6) is 0. The highest BCUT2D eigenvalue weighted by Crippen LogP contribution is 2.28. The molecular weight excluding hydrogens is 102 g/mol. The van der Waals surface area contributed by atoms with Crippen molar-refractivity contribution in [2.75, 3.05) is 20.2 Å². The molecule has 0 bridgehead atoms. The Morgan fingerprint density at radius 1 is 1.50 bits per heavy atom. The van der Waals surface area contributed by atoms with Crippen LogP contribution in [0.15, 0.2) is 0 Å². The van der Waals surface area contributed by atoms with Gasteiger partial charge in [0, 0.05) is 19.7 Å². The van der Waals surface area contributed by atoms with Crippen LogP contribution in [-0.2, 0) is 0 Å². The van der Waals surface area contributed by atoms with Gasteiger partial charge in [-0.1, -0.05) is 0 Å². The molecule has 0 saturated carbocycles. The zero-order valence-corrected chi connectivity index (χ0v) is 5.30. The molecule has 0 aromatic heterocycles. The Kier molecular flexibility index (Phi) is 1.86. The summed E-state index contributed by atoms with van der Waals surface area (Å²) in [5, 5.41) is 7.00. The average Bonchev–Trinajstić information content (AvgIpc) is 2.46. The molecule has 2 unspecified atom stereocenters. The third kappa shape index (κ3) is 1.01. The third-order valence-electron chi connectivity index (χ3n) is 1.81. The molecule has 2 rings (SSSR count). The van der Waals surface area contributed by atoms with Gasteiger partial charge in [-0.25, -0.2) is 0 Å². The molecule has 0 aliphatic carbocycles. The highest BCUT2D eigenvalue weighted by molar-refractivity contribution is 4.94. The fourth-order valence-electron chi connectivity index (χ4n) is 1.30. The highest BCUT2D eigenvalue weighted by atomic mass is 16.2. The van der Waals surface area contributed by atoms with E-state index in [9.17, 15) is 0 Å². The normalized spacial score (nSPS) is 39.8. The fourth-order valence-corrected chi connectivity index (χ4v) is 1.30. The monoisotopic (exact) mass is 115 g/mol. The van der Waals surface area contributed by atoms with E-state index in [1.807, 2.05) is 0 Å². The summed E-state index contributed by atoms with van der Waals surface area (Å²) < 4.78 is 0. The zero-order chi connectivity index (χ0) is 5.98. The smallest absolute Gasteiger partial charge is 0.0319 e. The fraction of sp³-hybridized carbons (Fsp3) is 1.00. The maximum Gasteiger partial charge on any atom is 0.0319 e. The Morgan fingerprint density at radius 2 is 2.25 bits per heavy atom. The lowest BCUT2D eigenvalue weighted by Crippen LogP contribution is -1.90. The zero-order valence-electron chi connectivity index (χ0n) is 5.30. The second-order valence-electron chi connectivity index (χ2n) is 2.29. The van der Waals surface area contributed by atoms with Crippen LogP contribution >= 0.6 is 0 Å². The molecule has 1 N–H and O–H groups in total. The minimum absolute atomic E-state index is 1.00. The number of nitrogens with zero attached hydrogens (tertiary/aromatic N) is 1. The molecule has 0 spiro atoms. The third-order valence-corrected chi connectivity index (χ3v) is 1.81. The van der Waals surface area contributed by atoms with Crippen LogP contribution < -0.4 is 0 Å². The molecule has 2 heterocycles. The number of hydrogen-bond acceptors (Lipinski definition) is 2. The van der Waals surface area contributed by atoms with Gasteiger partial charge in [-0.2, -0.15) is 0 Å². The molecule has 2 aliphatic rings. The predicted molar refractivity (Wildman–Crippen MR) is 32.7 cm³/mol. The topological polar surface area (TPSA) is 23.2 Å². The van der Waals surface area contributed by atoms with Gasteiger partial charge in [-0.15, -0.1) is 0 Å². The van der Waals surface area contributed by atoms with Crippen molar-refractivity contribution >= 4 is 0 Å². The molecule has 0 aromatic carbocycles. The summed E-state index contributed by atoms with van der Waals surface area (Å²) in [7, 11) is 1.00. The van der Waals surface area contributed by atoms with Gasteiger partial charge in [0.1, 0.15) is 0 Å². The van der Waals surface area contributed by atoms with Crippen molar-refractivity contribution in [2.45, 2.75) is 18.9 Å². The Labute approximate surface area is 50.1 Å². The molecule has 48 valence electrons. The SMILES string of the molecule is C1CC2CN2C1.CO. The van der Waals surface area contributed by atoms with Gasteiger partial charge < -0.3 is 5.11 Å². The highest BCUT2D eigenvalue weighted by Gasteiger charge is 2.37. The van der Waals surface area contributed by atoms with E-state index in [-0.39, 0.29) is 0 Å². The first-order valence-electron chi connectivity index (χ1n) is 3.15. The van der Waals surface area contributed by atoms with E-state index in [0.29, 0.717) is 0 Å². The quantitative estimate of drug-likeness (QED) is 0.452.